The molecule has 0 fully saturated rings. The van der Waals surface area contributed by atoms with Gasteiger partial charge in [0.15, 0.2) is 0 Å². The molecule has 0 spiro atoms. The summed E-state index contributed by atoms with van der Waals surface area (Å²) in [6.45, 7) is 6.89. The molecule has 108 valence electrons. The third-order valence-electron chi connectivity index (χ3n) is 3.94. The van der Waals surface area contributed by atoms with Gasteiger partial charge in [-0.15, -0.1) is 0 Å². The fourth-order valence-corrected chi connectivity index (χ4v) is 2.72. The molecule has 0 aromatic heterocycles. The summed E-state index contributed by atoms with van der Waals surface area (Å²) < 4.78 is 0. The van der Waals surface area contributed by atoms with Gasteiger partial charge in [-0.1, -0.05) is 72.1 Å². The zero-order valence-electron chi connectivity index (χ0n) is 12.6. The second-order valence-corrected chi connectivity index (χ2v) is 5.66. The normalized spacial score (nSPS) is 14.4. The van der Waals surface area contributed by atoms with Crippen LogP contribution in [0.3, 0.4) is 0 Å². The minimum absolute atomic E-state index is 0.336. The fraction of sp³-hybridized carbons (Fsp3) is 0.938. The van der Waals surface area contributed by atoms with Crippen LogP contribution in [0.5, 0.6) is 0 Å². The molecule has 0 saturated heterocycles. The molecular weight excluding hydrogens is 224 g/mol. The quantitative estimate of drug-likeness (QED) is 0.483. The molecule has 2 atom stereocenters. The van der Waals surface area contributed by atoms with E-state index in [4.69, 9.17) is 5.11 Å². The smallest absolute Gasteiger partial charge is 0.303 e. The van der Waals surface area contributed by atoms with Gasteiger partial charge >= 0.3 is 5.97 Å². The Morgan fingerprint density at radius 3 is 2.17 bits per heavy atom. The Labute approximate surface area is 113 Å². The van der Waals surface area contributed by atoms with Crippen molar-refractivity contribution in [2.75, 3.05) is 0 Å². The first-order chi connectivity index (χ1) is 8.61. The highest BCUT2D eigenvalue weighted by Gasteiger charge is 2.15. The highest BCUT2D eigenvalue weighted by Crippen LogP contribution is 2.27. The maximum Gasteiger partial charge on any atom is 0.303 e. The number of carboxylic acid groups (broad SMARTS) is 1. The van der Waals surface area contributed by atoms with Crippen LogP contribution in [-0.4, -0.2) is 11.1 Å². The van der Waals surface area contributed by atoms with Crippen molar-refractivity contribution in [3.8, 4) is 0 Å². The van der Waals surface area contributed by atoms with E-state index in [0.717, 1.165) is 24.7 Å². The maximum absolute atomic E-state index is 10.5. The molecule has 2 unspecified atom stereocenters. The van der Waals surface area contributed by atoms with Crippen LogP contribution >= 0.6 is 0 Å². The first kappa shape index (κ1) is 17.5. The Morgan fingerprint density at radius 2 is 1.61 bits per heavy atom. The van der Waals surface area contributed by atoms with Crippen molar-refractivity contribution >= 4 is 5.97 Å². The van der Waals surface area contributed by atoms with E-state index in [1.165, 1.54) is 44.9 Å². The number of carboxylic acids is 1. The summed E-state index contributed by atoms with van der Waals surface area (Å²) in [5.74, 6) is 0.958. The molecule has 0 aliphatic rings. The number of hydrogen-bond acceptors (Lipinski definition) is 1. The molecule has 0 saturated carbocycles. The molecule has 2 heteroatoms. The second kappa shape index (κ2) is 11.6. The van der Waals surface area contributed by atoms with E-state index >= 15 is 0 Å². The monoisotopic (exact) mass is 256 g/mol. The largest absolute Gasteiger partial charge is 0.481 e. The molecule has 18 heavy (non-hydrogen) atoms. The SMILES string of the molecule is CCCCCC(C)C(CCC)CCCCC(=O)O. The first-order valence-electron chi connectivity index (χ1n) is 7.83. The van der Waals surface area contributed by atoms with Crippen LogP contribution in [0, 0.1) is 11.8 Å². The Kier molecular flexibility index (Phi) is 11.2. The summed E-state index contributed by atoms with van der Waals surface area (Å²) in [4.78, 5) is 10.5. The zero-order valence-corrected chi connectivity index (χ0v) is 12.6. The second-order valence-electron chi connectivity index (χ2n) is 5.66. The molecule has 2 nitrogen and oxygen atoms in total. The summed E-state index contributed by atoms with van der Waals surface area (Å²) in [5.41, 5.74) is 0. The van der Waals surface area contributed by atoms with Gasteiger partial charge in [0.1, 0.15) is 0 Å². The first-order valence-corrected chi connectivity index (χ1v) is 7.83. The Balaban J connectivity index is 3.84. The molecule has 0 aliphatic heterocycles. The van der Waals surface area contributed by atoms with E-state index in [0.29, 0.717) is 6.42 Å². The number of hydrogen-bond donors (Lipinski definition) is 1. The van der Waals surface area contributed by atoms with Gasteiger partial charge in [-0.2, -0.15) is 0 Å². The predicted octanol–water partition coefficient (Wildman–Crippen LogP) is 5.26. The van der Waals surface area contributed by atoms with Crippen molar-refractivity contribution in [3.63, 3.8) is 0 Å². The average Bonchev–Trinajstić information content (AvgIpc) is 2.33. The van der Waals surface area contributed by atoms with Crippen LogP contribution in [0.4, 0.5) is 0 Å². The van der Waals surface area contributed by atoms with Crippen molar-refractivity contribution < 1.29 is 9.90 Å². The lowest BCUT2D eigenvalue weighted by Gasteiger charge is -2.23. The van der Waals surface area contributed by atoms with Crippen molar-refractivity contribution in [2.24, 2.45) is 11.8 Å². The van der Waals surface area contributed by atoms with Crippen LogP contribution in [0.2, 0.25) is 0 Å². The van der Waals surface area contributed by atoms with Crippen molar-refractivity contribution in [3.05, 3.63) is 0 Å². The number of carbonyl (C=O) groups is 1. The summed E-state index contributed by atoms with van der Waals surface area (Å²) in [5, 5.41) is 8.63. The van der Waals surface area contributed by atoms with Gasteiger partial charge in [-0.3, -0.25) is 4.79 Å². The molecule has 0 radical (unpaired) electrons. The summed E-state index contributed by atoms with van der Waals surface area (Å²) in [6.07, 6.45) is 11.4. The van der Waals surface area contributed by atoms with E-state index in [1.807, 2.05) is 0 Å². The molecule has 0 aromatic carbocycles. The lowest BCUT2D eigenvalue weighted by Crippen LogP contribution is -2.12. The van der Waals surface area contributed by atoms with Crippen LogP contribution < -0.4 is 0 Å². The third kappa shape index (κ3) is 9.49. The van der Waals surface area contributed by atoms with E-state index in [9.17, 15) is 4.79 Å². The van der Waals surface area contributed by atoms with E-state index in [2.05, 4.69) is 20.8 Å². The van der Waals surface area contributed by atoms with E-state index in [-0.39, 0.29) is 0 Å². The van der Waals surface area contributed by atoms with Gasteiger partial charge in [-0.25, -0.2) is 0 Å². The van der Waals surface area contributed by atoms with Crippen LogP contribution in [0.1, 0.15) is 85.0 Å². The van der Waals surface area contributed by atoms with Crippen LogP contribution in [0.15, 0.2) is 0 Å². The topological polar surface area (TPSA) is 37.3 Å². The minimum atomic E-state index is -0.655. The Hall–Kier alpha value is -0.530. The van der Waals surface area contributed by atoms with Crippen LogP contribution in [0.25, 0.3) is 0 Å². The molecule has 0 amide bonds. The van der Waals surface area contributed by atoms with Gasteiger partial charge < -0.3 is 5.11 Å². The van der Waals surface area contributed by atoms with Gasteiger partial charge in [0.2, 0.25) is 0 Å². The van der Waals surface area contributed by atoms with Crippen molar-refractivity contribution in [1.29, 1.82) is 0 Å². The van der Waals surface area contributed by atoms with Crippen LogP contribution in [-0.2, 0) is 4.79 Å². The van der Waals surface area contributed by atoms with Crippen molar-refractivity contribution in [1.82, 2.24) is 0 Å². The zero-order chi connectivity index (χ0) is 13.8. The third-order valence-corrected chi connectivity index (χ3v) is 3.94. The van der Waals surface area contributed by atoms with Crippen molar-refractivity contribution in [2.45, 2.75) is 85.0 Å². The fourth-order valence-electron chi connectivity index (χ4n) is 2.72. The Morgan fingerprint density at radius 1 is 0.944 bits per heavy atom. The van der Waals surface area contributed by atoms with Gasteiger partial charge in [0.05, 0.1) is 0 Å². The molecule has 1 N–H and O–H groups in total. The molecule has 0 aromatic rings. The van der Waals surface area contributed by atoms with Gasteiger partial charge in [0, 0.05) is 6.42 Å². The average molecular weight is 256 g/mol. The predicted molar refractivity (Wildman–Crippen MR) is 77.8 cm³/mol. The Bertz CT molecular complexity index is 201. The van der Waals surface area contributed by atoms with E-state index < -0.39 is 5.97 Å². The van der Waals surface area contributed by atoms with E-state index in [1.54, 1.807) is 0 Å². The number of unbranched alkanes of at least 4 members (excludes halogenated alkanes) is 3. The molecule has 0 rings (SSSR count). The molecule has 0 heterocycles. The highest BCUT2D eigenvalue weighted by atomic mass is 16.4. The minimum Gasteiger partial charge on any atom is -0.481 e. The summed E-state index contributed by atoms with van der Waals surface area (Å²) in [6, 6.07) is 0. The summed E-state index contributed by atoms with van der Waals surface area (Å²) >= 11 is 0. The highest BCUT2D eigenvalue weighted by molar-refractivity contribution is 5.66. The molecule has 0 aliphatic carbocycles. The van der Waals surface area contributed by atoms with Gasteiger partial charge in [0.25, 0.3) is 0 Å². The lowest BCUT2D eigenvalue weighted by atomic mass is 9.82. The van der Waals surface area contributed by atoms with Gasteiger partial charge in [-0.05, 0) is 18.3 Å². The molecule has 0 bridgehead atoms. The lowest BCUT2D eigenvalue weighted by molar-refractivity contribution is -0.137. The maximum atomic E-state index is 10.5. The number of aliphatic carboxylic acids is 1. The number of rotatable bonds is 12. The molecular formula is C16H32O2. The standard InChI is InChI=1S/C16H32O2/c1-4-6-7-11-14(3)15(10-5-2)12-8-9-13-16(17)18/h14-15H,4-13H2,1-3H3,(H,17,18). The summed E-state index contributed by atoms with van der Waals surface area (Å²) in [7, 11) is 0.